The first kappa shape index (κ1) is 17.5. The van der Waals surface area contributed by atoms with E-state index >= 15 is 0 Å². The number of hydrogen-bond donors (Lipinski definition) is 3. The summed E-state index contributed by atoms with van der Waals surface area (Å²) in [6.45, 7) is 6.65. The average molecular weight is 293 g/mol. The van der Waals surface area contributed by atoms with E-state index in [0.29, 0.717) is 12.3 Å². The van der Waals surface area contributed by atoms with E-state index in [9.17, 15) is 0 Å². The molecule has 0 fully saturated rings. The van der Waals surface area contributed by atoms with Crippen molar-refractivity contribution in [3.8, 4) is 0 Å². The molecule has 5 nitrogen and oxygen atoms in total. The minimum absolute atomic E-state index is 0.0483. The zero-order valence-corrected chi connectivity index (χ0v) is 13.0. The first-order valence-corrected chi connectivity index (χ1v) is 7.46. The fourth-order valence-corrected chi connectivity index (χ4v) is 2.01. The maximum Gasteiger partial charge on any atom is 0.141 e. The first-order chi connectivity index (χ1) is 10.1. The number of nitrogens with two attached hydrogens (primary N) is 1. The second-order valence-electron chi connectivity index (χ2n) is 5.54. The molecule has 0 aliphatic carbocycles. The predicted molar refractivity (Wildman–Crippen MR) is 85.5 cm³/mol. The molecule has 4 N–H and O–H groups in total. The van der Waals surface area contributed by atoms with E-state index in [1.54, 1.807) is 0 Å². The minimum atomic E-state index is 0.0483. The van der Waals surface area contributed by atoms with E-state index in [4.69, 9.17) is 15.7 Å². The Hall–Kier alpha value is -1.59. The minimum Gasteiger partial charge on any atom is -0.409 e. The van der Waals surface area contributed by atoms with Crippen LogP contribution in [0.5, 0.6) is 0 Å². The van der Waals surface area contributed by atoms with E-state index in [2.05, 4.69) is 24.3 Å². The number of rotatable bonds is 10. The van der Waals surface area contributed by atoms with E-state index in [0.717, 1.165) is 31.7 Å². The van der Waals surface area contributed by atoms with Gasteiger partial charge in [-0.15, -0.1) is 0 Å². The molecule has 0 aliphatic heterocycles. The number of hydrogen-bond acceptors (Lipinski definition) is 4. The molecule has 0 radical (unpaired) electrons. The number of oxime groups is 1. The maximum absolute atomic E-state index is 8.74. The molecule has 118 valence electrons. The summed E-state index contributed by atoms with van der Waals surface area (Å²) in [7, 11) is 0. The van der Waals surface area contributed by atoms with Crippen LogP contribution in [0.1, 0.15) is 38.3 Å². The molecule has 5 heteroatoms. The third kappa shape index (κ3) is 7.68. The molecule has 0 amide bonds. The Kier molecular flexibility index (Phi) is 8.47. The number of ether oxygens (including phenoxy) is 1. The van der Waals surface area contributed by atoms with Gasteiger partial charge in [0, 0.05) is 25.7 Å². The largest absolute Gasteiger partial charge is 0.409 e. The Labute approximate surface area is 127 Å². The van der Waals surface area contributed by atoms with E-state index < -0.39 is 0 Å². The summed E-state index contributed by atoms with van der Waals surface area (Å²) in [6.07, 6.45) is 1.42. The normalized spacial score (nSPS) is 13.6. The van der Waals surface area contributed by atoms with Crippen LogP contribution in [0.2, 0.25) is 0 Å². The fourth-order valence-electron chi connectivity index (χ4n) is 2.01. The van der Waals surface area contributed by atoms with Crippen molar-refractivity contribution in [1.82, 2.24) is 5.32 Å². The van der Waals surface area contributed by atoms with Gasteiger partial charge in [-0.05, 0) is 24.4 Å². The molecule has 1 rings (SSSR count). The lowest BCUT2D eigenvalue weighted by Crippen LogP contribution is -2.28. The maximum atomic E-state index is 8.74. The Bertz CT molecular complexity index is 407. The quantitative estimate of drug-likeness (QED) is 0.204. The lowest BCUT2D eigenvalue weighted by atomic mass is 10.0. The number of nitrogens with zero attached hydrogens (tertiary/aromatic N) is 1. The monoisotopic (exact) mass is 293 g/mol. The van der Waals surface area contributed by atoms with Gasteiger partial charge in [-0.1, -0.05) is 49.3 Å². The highest BCUT2D eigenvalue weighted by atomic mass is 16.5. The highest BCUT2D eigenvalue weighted by molar-refractivity contribution is 5.80. The van der Waals surface area contributed by atoms with Crippen LogP contribution in [-0.4, -0.2) is 30.8 Å². The van der Waals surface area contributed by atoms with Crippen LogP contribution in [0.25, 0.3) is 0 Å². The van der Waals surface area contributed by atoms with Crippen molar-refractivity contribution < 1.29 is 9.94 Å². The van der Waals surface area contributed by atoms with Crippen molar-refractivity contribution >= 4 is 5.84 Å². The van der Waals surface area contributed by atoms with Crippen LogP contribution < -0.4 is 11.1 Å². The third-order valence-corrected chi connectivity index (χ3v) is 3.05. The second kappa shape index (κ2) is 10.2. The first-order valence-electron chi connectivity index (χ1n) is 7.46. The molecule has 0 heterocycles. The lowest BCUT2D eigenvalue weighted by Gasteiger charge is -2.18. The van der Waals surface area contributed by atoms with Gasteiger partial charge in [0.2, 0.25) is 0 Å². The van der Waals surface area contributed by atoms with Crippen LogP contribution in [0.4, 0.5) is 0 Å². The average Bonchev–Trinajstić information content (AvgIpc) is 2.49. The zero-order valence-electron chi connectivity index (χ0n) is 13.0. The molecule has 0 aromatic heterocycles. The summed E-state index contributed by atoms with van der Waals surface area (Å²) in [4.78, 5) is 0. The molecule has 21 heavy (non-hydrogen) atoms. The Morgan fingerprint density at radius 1 is 1.33 bits per heavy atom. The van der Waals surface area contributed by atoms with E-state index in [1.807, 2.05) is 30.3 Å². The SMILES string of the molecule is CC(C)COCCCNC(C/C(N)=N/O)c1ccccc1. The molecular weight excluding hydrogens is 266 g/mol. The molecular formula is C16H27N3O2. The molecule has 1 unspecified atom stereocenters. The molecule has 0 spiro atoms. The Morgan fingerprint density at radius 3 is 2.67 bits per heavy atom. The van der Waals surface area contributed by atoms with Crippen LogP contribution >= 0.6 is 0 Å². The summed E-state index contributed by atoms with van der Waals surface area (Å²) in [5.74, 6) is 0.794. The van der Waals surface area contributed by atoms with Gasteiger partial charge in [0.15, 0.2) is 0 Å². The molecule has 0 bridgehead atoms. The fraction of sp³-hybridized carbons (Fsp3) is 0.562. The number of amidine groups is 1. The molecule has 0 saturated heterocycles. The van der Waals surface area contributed by atoms with Crippen molar-refractivity contribution in [3.05, 3.63) is 35.9 Å². The summed E-state index contributed by atoms with van der Waals surface area (Å²) in [5, 5.41) is 15.2. The van der Waals surface area contributed by atoms with Crippen LogP contribution in [0.3, 0.4) is 0 Å². The smallest absolute Gasteiger partial charge is 0.141 e. The Morgan fingerprint density at radius 2 is 2.05 bits per heavy atom. The van der Waals surface area contributed by atoms with Crippen molar-refractivity contribution in [2.24, 2.45) is 16.8 Å². The van der Waals surface area contributed by atoms with Crippen molar-refractivity contribution in [3.63, 3.8) is 0 Å². The van der Waals surface area contributed by atoms with Crippen molar-refractivity contribution in [2.75, 3.05) is 19.8 Å². The van der Waals surface area contributed by atoms with Gasteiger partial charge >= 0.3 is 0 Å². The highest BCUT2D eigenvalue weighted by Gasteiger charge is 2.12. The molecule has 1 atom stereocenters. The van der Waals surface area contributed by atoms with Gasteiger partial charge < -0.3 is 21.0 Å². The molecule has 1 aromatic carbocycles. The highest BCUT2D eigenvalue weighted by Crippen LogP contribution is 2.16. The Balaban J connectivity index is 2.40. The molecule has 1 aromatic rings. The van der Waals surface area contributed by atoms with E-state index in [1.165, 1.54) is 0 Å². The van der Waals surface area contributed by atoms with Crippen molar-refractivity contribution in [2.45, 2.75) is 32.7 Å². The van der Waals surface area contributed by atoms with Crippen LogP contribution in [0, 0.1) is 5.92 Å². The standard InChI is InChI=1S/C16H27N3O2/c1-13(2)12-21-10-6-9-18-15(11-16(17)19-20)14-7-4-3-5-8-14/h3-5,7-8,13,15,18,20H,6,9-12H2,1-2H3,(H2,17,19). The zero-order chi connectivity index (χ0) is 15.5. The van der Waals surface area contributed by atoms with Crippen LogP contribution in [0.15, 0.2) is 35.5 Å². The van der Waals surface area contributed by atoms with Crippen molar-refractivity contribution in [1.29, 1.82) is 0 Å². The third-order valence-electron chi connectivity index (χ3n) is 3.05. The number of nitrogens with one attached hydrogen (secondary N) is 1. The van der Waals surface area contributed by atoms with Gasteiger partial charge in [-0.3, -0.25) is 0 Å². The van der Waals surface area contributed by atoms with E-state index in [-0.39, 0.29) is 11.9 Å². The number of benzene rings is 1. The summed E-state index contributed by atoms with van der Waals surface area (Å²) in [6, 6.07) is 10.1. The van der Waals surface area contributed by atoms with Crippen LogP contribution in [-0.2, 0) is 4.74 Å². The summed E-state index contributed by atoms with van der Waals surface area (Å²) >= 11 is 0. The van der Waals surface area contributed by atoms with Gasteiger partial charge in [0.05, 0.1) is 0 Å². The van der Waals surface area contributed by atoms with Gasteiger partial charge in [-0.2, -0.15) is 0 Å². The van der Waals surface area contributed by atoms with Gasteiger partial charge in [0.25, 0.3) is 0 Å². The molecule has 0 saturated carbocycles. The summed E-state index contributed by atoms with van der Waals surface area (Å²) < 4.78 is 5.56. The lowest BCUT2D eigenvalue weighted by molar-refractivity contribution is 0.107. The topological polar surface area (TPSA) is 79.9 Å². The predicted octanol–water partition coefficient (Wildman–Crippen LogP) is 2.52. The summed E-state index contributed by atoms with van der Waals surface area (Å²) in [5.41, 5.74) is 6.76. The van der Waals surface area contributed by atoms with Gasteiger partial charge in [0.1, 0.15) is 5.84 Å². The van der Waals surface area contributed by atoms with Gasteiger partial charge in [-0.25, -0.2) is 0 Å². The second-order valence-corrected chi connectivity index (χ2v) is 5.54. The molecule has 0 aliphatic rings.